The summed E-state index contributed by atoms with van der Waals surface area (Å²) in [6.45, 7) is 4.51. The van der Waals surface area contributed by atoms with E-state index in [1.165, 1.54) is 44.1 Å². The fourth-order valence-corrected chi connectivity index (χ4v) is 3.23. The molecule has 0 saturated carbocycles. The molecule has 0 atom stereocenters. The molecule has 8 nitrogen and oxygen atoms in total. The molecule has 2 heterocycles. The van der Waals surface area contributed by atoms with E-state index in [0.717, 1.165) is 18.7 Å². The maximum Gasteiger partial charge on any atom is 0.276 e. The van der Waals surface area contributed by atoms with E-state index in [4.69, 9.17) is 4.74 Å². The Morgan fingerprint density at radius 1 is 1.25 bits per heavy atom. The zero-order valence-electron chi connectivity index (χ0n) is 15.9. The molecule has 150 valence electrons. The molecule has 1 aromatic carbocycles. The summed E-state index contributed by atoms with van der Waals surface area (Å²) in [5.41, 5.74) is 1.00. The van der Waals surface area contributed by atoms with Crippen molar-refractivity contribution >= 4 is 18.0 Å². The number of nitrogens with one attached hydrogen (secondary N) is 3. The van der Waals surface area contributed by atoms with E-state index < -0.39 is 5.56 Å². The summed E-state index contributed by atoms with van der Waals surface area (Å²) in [6, 6.07) is 8.27. The highest BCUT2D eigenvalue weighted by atomic mass is 16.5. The molecule has 0 radical (unpaired) electrons. The molecule has 3 rings (SSSR count). The SMILES string of the molecule is O=CNc1cnc(NCCCOc2cccc(CN3CCCCC3)c2)[nH]c1=O. The predicted octanol–water partition coefficient (Wildman–Crippen LogP) is 2.21. The van der Waals surface area contributed by atoms with Crippen molar-refractivity contribution in [3.63, 3.8) is 0 Å². The standard InChI is InChI=1S/C20H27N5O3/c26-15-23-18-13-22-20(24-19(18)27)21-8-5-11-28-17-7-4-6-16(12-17)14-25-9-2-1-3-10-25/h4,6-7,12-13,15H,1-3,5,8-11,14H2,(H,23,26)(H2,21,22,24,27). The Kier molecular flexibility index (Phi) is 7.43. The van der Waals surface area contributed by atoms with Gasteiger partial charge in [-0.2, -0.15) is 0 Å². The van der Waals surface area contributed by atoms with Crippen LogP contribution in [-0.2, 0) is 11.3 Å². The van der Waals surface area contributed by atoms with E-state index in [0.29, 0.717) is 25.5 Å². The molecule has 28 heavy (non-hydrogen) atoms. The smallest absolute Gasteiger partial charge is 0.276 e. The van der Waals surface area contributed by atoms with Gasteiger partial charge >= 0.3 is 0 Å². The average molecular weight is 385 g/mol. The molecule has 0 unspecified atom stereocenters. The number of carbonyl (C=O) groups excluding carboxylic acids is 1. The third-order valence-corrected chi connectivity index (χ3v) is 4.65. The van der Waals surface area contributed by atoms with Gasteiger partial charge in [-0.3, -0.25) is 19.5 Å². The summed E-state index contributed by atoms with van der Waals surface area (Å²) < 4.78 is 5.85. The van der Waals surface area contributed by atoms with Crippen LogP contribution in [0.4, 0.5) is 11.6 Å². The third kappa shape index (κ3) is 6.09. The third-order valence-electron chi connectivity index (χ3n) is 4.65. The van der Waals surface area contributed by atoms with Crippen LogP contribution in [0.2, 0.25) is 0 Å². The number of aromatic nitrogens is 2. The van der Waals surface area contributed by atoms with Crippen LogP contribution in [0.1, 0.15) is 31.2 Å². The van der Waals surface area contributed by atoms with E-state index in [1.807, 2.05) is 12.1 Å². The quantitative estimate of drug-likeness (QED) is 0.428. The molecule has 1 aromatic heterocycles. The van der Waals surface area contributed by atoms with Gasteiger partial charge in [0.05, 0.1) is 12.8 Å². The van der Waals surface area contributed by atoms with Crippen molar-refractivity contribution in [2.45, 2.75) is 32.2 Å². The first-order valence-corrected chi connectivity index (χ1v) is 9.72. The molecule has 1 saturated heterocycles. The maximum absolute atomic E-state index is 11.7. The number of nitrogens with zero attached hydrogens (tertiary/aromatic N) is 2. The van der Waals surface area contributed by atoms with E-state index in [-0.39, 0.29) is 5.69 Å². The number of piperidine rings is 1. The topological polar surface area (TPSA) is 99.3 Å². The van der Waals surface area contributed by atoms with E-state index >= 15 is 0 Å². The first-order chi connectivity index (χ1) is 13.7. The summed E-state index contributed by atoms with van der Waals surface area (Å²) in [5.74, 6) is 1.25. The molecule has 1 amide bonds. The Morgan fingerprint density at radius 2 is 2.11 bits per heavy atom. The molecule has 8 heteroatoms. The number of H-pyrrole nitrogens is 1. The van der Waals surface area contributed by atoms with Gasteiger partial charge < -0.3 is 15.4 Å². The second kappa shape index (κ2) is 10.5. The molecule has 0 spiro atoms. The first-order valence-electron chi connectivity index (χ1n) is 9.72. The lowest BCUT2D eigenvalue weighted by Gasteiger charge is -2.26. The number of carbonyl (C=O) groups is 1. The molecule has 0 bridgehead atoms. The predicted molar refractivity (Wildman–Crippen MR) is 109 cm³/mol. The fourth-order valence-electron chi connectivity index (χ4n) is 3.23. The molecular weight excluding hydrogens is 358 g/mol. The van der Waals surface area contributed by atoms with E-state index in [9.17, 15) is 9.59 Å². The van der Waals surface area contributed by atoms with Crippen LogP contribution in [0, 0.1) is 0 Å². The van der Waals surface area contributed by atoms with Gasteiger partial charge in [0.1, 0.15) is 11.4 Å². The summed E-state index contributed by atoms with van der Waals surface area (Å²) in [5, 5.41) is 5.33. The van der Waals surface area contributed by atoms with Crippen LogP contribution >= 0.6 is 0 Å². The fraction of sp³-hybridized carbons (Fsp3) is 0.450. The van der Waals surface area contributed by atoms with Crippen LogP contribution < -0.4 is 20.9 Å². The van der Waals surface area contributed by atoms with Gasteiger partial charge in [-0.05, 0) is 50.0 Å². The molecule has 1 aliphatic rings. The van der Waals surface area contributed by atoms with Crippen LogP contribution in [-0.4, -0.2) is 47.5 Å². The van der Waals surface area contributed by atoms with E-state index in [2.05, 4.69) is 37.6 Å². The van der Waals surface area contributed by atoms with Gasteiger partial charge in [-0.1, -0.05) is 18.6 Å². The lowest BCUT2D eigenvalue weighted by molar-refractivity contribution is -0.105. The Morgan fingerprint density at radius 3 is 2.89 bits per heavy atom. The van der Waals surface area contributed by atoms with Gasteiger partial charge in [0.15, 0.2) is 0 Å². The number of hydrogen-bond acceptors (Lipinski definition) is 6. The van der Waals surface area contributed by atoms with Crippen molar-refractivity contribution in [1.29, 1.82) is 0 Å². The minimum absolute atomic E-state index is 0.119. The number of anilines is 2. The second-order valence-electron chi connectivity index (χ2n) is 6.85. The monoisotopic (exact) mass is 385 g/mol. The summed E-state index contributed by atoms with van der Waals surface area (Å²) in [7, 11) is 0. The van der Waals surface area contributed by atoms with E-state index in [1.54, 1.807) is 0 Å². The Labute approximate surface area is 164 Å². The van der Waals surface area contributed by atoms with Crippen molar-refractivity contribution in [2.24, 2.45) is 0 Å². The second-order valence-corrected chi connectivity index (χ2v) is 6.85. The molecule has 1 aliphatic heterocycles. The Hall–Kier alpha value is -2.87. The molecule has 2 aromatic rings. The van der Waals surface area contributed by atoms with Crippen molar-refractivity contribution < 1.29 is 9.53 Å². The number of hydrogen-bond donors (Lipinski definition) is 3. The summed E-state index contributed by atoms with van der Waals surface area (Å²) in [4.78, 5) is 31.2. The van der Waals surface area contributed by atoms with Crippen molar-refractivity contribution in [2.75, 3.05) is 36.9 Å². The van der Waals surface area contributed by atoms with Crippen molar-refractivity contribution in [3.05, 3.63) is 46.4 Å². The van der Waals surface area contributed by atoms with Crippen LogP contribution in [0.5, 0.6) is 5.75 Å². The van der Waals surface area contributed by atoms with Crippen molar-refractivity contribution in [1.82, 2.24) is 14.9 Å². The highest BCUT2D eigenvalue weighted by Crippen LogP contribution is 2.17. The largest absolute Gasteiger partial charge is 0.494 e. The number of rotatable bonds is 10. The minimum Gasteiger partial charge on any atom is -0.494 e. The van der Waals surface area contributed by atoms with Gasteiger partial charge in [-0.15, -0.1) is 0 Å². The number of likely N-dealkylation sites (tertiary alicyclic amines) is 1. The number of aromatic amines is 1. The molecule has 0 aliphatic carbocycles. The van der Waals surface area contributed by atoms with Gasteiger partial charge in [0, 0.05) is 13.1 Å². The molecule has 3 N–H and O–H groups in total. The van der Waals surface area contributed by atoms with Crippen LogP contribution in [0.25, 0.3) is 0 Å². The zero-order chi connectivity index (χ0) is 19.6. The van der Waals surface area contributed by atoms with Crippen LogP contribution in [0.15, 0.2) is 35.3 Å². The highest BCUT2D eigenvalue weighted by Gasteiger charge is 2.10. The molecule has 1 fully saturated rings. The number of amides is 1. The van der Waals surface area contributed by atoms with Gasteiger partial charge in [0.25, 0.3) is 5.56 Å². The maximum atomic E-state index is 11.7. The first kappa shape index (κ1) is 19.9. The van der Waals surface area contributed by atoms with Crippen molar-refractivity contribution in [3.8, 4) is 5.75 Å². The van der Waals surface area contributed by atoms with Gasteiger partial charge in [0.2, 0.25) is 12.4 Å². The highest BCUT2D eigenvalue weighted by molar-refractivity contribution is 5.70. The summed E-state index contributed by atoms with van der Waals surface area (Å²) >= 11 is 0. The van der Waals surface area contributed by atoms with Gasteiger partial charge in [-0.25, -0.2) is 4.98 Å². The normalized spacial score (nSPS) is 14.4. The van der Waals surface area contributed by atoms with Crippen LogP contribution in [0.3, 0.4) is 0 Å². The lowest BCUT2D eigenvalue weighted by Crippen LogP contribution is -2.29. The average Bonchev–Trinajstić information content (AvgIpc) is 2.71. The lowest BCUT2D eigenvalue weighted by atomic mass is 10.1. The summed E-state index contributed by atoms with van der Waals surface area (Å²) in [6.07, 6.45) is 6.45. The zero-order valence-corrected chi connectivity index (χ0v) is 15.9. The minimum atomic E-state index is -0.397. The Balaban J connectivity index is 1.39. The Bertz CT molecular complexity index is 817. The number of benzene rings is 1. The molecular formula is C20H27N5O3. The number of ether oxygens (including phenoxy) is 1.